The van der Waals surface area contributed by atoms with E-state index in [9.17, 15) is 0 Å². The van der Waals surface area contributed by atoms with Crippen LogP contribution in [0.2, 0.25) is 5.02 Å². The molecule has 0 amide bonds. The maximum atomic E-state index is 6.13. The number of rotatable bonds is 5. The molecule has 0 atom stereocenters. The van der Waals surface area contributed by atoms with Gasteiger partial charge in [-0.1, -0.05) is 72.3 Å². The molecule has 0 aliphatic carbocycles. The lowest BCUT2D eigenvalue weighted by molar-refractivity contribution is 0.844. The fraction of sp³-hybridized carbons (Fsp3) is 0.0435. The number of benzene rings is 3. The van der Waals surface area contributed by atoms with E-state index >= 15 is 0 Å². The minimum atomic E-state index is -0.0812. The standard InChI is InChI=1S/C23H20ClN5/c24-18-12-10-17(11-13-18)22-20(14-27-28-23(25)26)19-8-4-5-9-21(19)29(22)15-16-6-2-1-3-7-16/h1-14H,15H2,(H4,25,26,28). The molecular weight excluding hydrogens is 382 g/mol. The highest BCUT2D eigenvalue weighted by Gasteiger charge is 2.17. The van der Waals surface area contributed by atoms with Gasteiger partial charge in [-0.25, -0.2) is 0 Å². The van der Waals surface area contributed by atoms with Crippen molar-refractivity contribution in [2.45, 2.75) is 6.54 Å². The van der Waals surface area contributed by atoms with E-state index in [-0.39, 0.29) is 5.96 Å². The molecule has 0 fully saturated rings. The minimum Gasteiger partial charge on any atom is -0.369 e. The molecule has 0 saturated heterocycles. The quantitative estimate of drug-likeness (QED) is 0.290. The predicted octanol–water partition coefficient (Wildman–Crippen LogP) is 4.62. The summed E-state index contributed by atoms with van der Waals surface area (Å²) in [6, 6.07) is 26.4. The van der Waals surface area contributed by atoms with Crippen LogP contribution in [-0.2, 0) is 6.54 Å². The van der Waals surface area contributed by atoms with E-state index in [2.05, 4.69) is 39.0 Å². The van der Waals surface area contributed by atoms with Gasteiger partial charge in [0.25, 0.3) is 0 Å². The Hall–Kier alpha value is -3.57. The molecule has 0 aliphatic heterocycles. The maximum absolute atomic E-state index is 6.13. The van der Waals surface area contributed by atoms with Gasteiger partial charge in [-0.3, -0.25) is 0 Å². The highest BCUT2D eigenvalue weighted by Crippen LogP contribution is 2.34. The van der Waals surface area contributed by atoms with Gasteiger partial charge < -0.3 is 16.0 Å². The van der Waals surface area contributed by atoms with Crippen molar-refractivity contribution in [2.24, 2.45) is 21.7 Å². The van der Waals surface area contributed by atoms with Gasteiger partial charge in [-0.05, 0) is 29.3 Å². The smallest absolute Gasteiger partial charge is 0.211 e. The van der Waals surface area contributed by atoms with Crippen molar-refractivity contribution in [1.29, 1.82) is 0 Å². The Morgan fingerprint density at radius 2 is 1.59 bits per heavy atom. The lowest BCUT2D eigenvalue weighted by atomic mass is 10.1. The Morgan fingerprint density at radius 1 is 0.897 bits per heavy atom. The Bertz CT molecular complexity index is 1190. The first-order valence-electron chi connectivity index (χ1n) is 9.16. The van der Waals surface area contributed by atoms with Crippen molar-refractivity contribution in [3.8, 4) is 11.3 Å². The molecule has 0 radical (unpaired) electrons. The van der Waals surface area contributed by atoms with Crippen LogP contribution in [0.3, 0.4) is 0 Å². The van der Waals surface area contributed by atoms with E-state index < -0.39 is 0 Å². The number of aromatic nitrogens is 1. The van der Waals surface area contributed by atoms with E-state index in [1.54, 1.807) is 6.21 Å². The second-order valence-corrected chi connectivity index (χ2v) is 7.06. The summed E-state index contributed by atoms with van der Waals surface area (Å²) in [5.74, 6) is -0.0812. The topological polar surface area (TPSA) is 81.7 Å². The van der Waals surface area contributed by atoms with Crippen molar-refractivity contribution in [2.75, 3.05) is 0 Å². The molecule has 0 aliphatic rings. The van der Waals surface area contributed by atoms with Gasteiger partial charge in [0.15, 0.2) is 0 Å². The number of fused-ring (bicyclic) bond motifs is 1. The Balaban J connectivity index is 1.98. The van der Waals surface area contributed by atoms with Crippen LogP contribution in [-0.4, -0.2) is 16.7 Å². The van der Waals surface area contributed by atoms with Crippen LogP contribution in [0.15, 0.2) is 89.1 Å². The number of nitrogens with two attached hydrogens (primary N) is 2. The summed E-state index contributed by atoms with van der Waals surface area (Å²) in [5.41, 5.74) is 16.2. The summed E-state index contributed by atoms with van der Waals surface area (Å²) in [6.45, 7) is 0.718. The number of nitrogens with zero attached hydrogens (tertiary/aromatic N) is 3. The summed E-state index contributed by atoms with van der Waals surface area (Å²) in [4.78, 5) is 0. The third-order valence-corrected chi connectivity index (χ3v) is 4.92. The maximum Gasteiger partial charge on any atom is 0.211 e. The van der Waals surface area contributed by atoms with Crippen molar-refractivity contribution in [3.05, 3.63) is 95.0 Å². The molecule has 3 aromatic carbocycles. The van der Waals surface area contributed by atoms with E-state index in [0.717, 1.165) is 34.3 Å². The highest BCUT2D eigenvalue weighted by molar-refractivity contribution is 6.30. The number of para-hydroxylation sites is 1. The molecule has 4 rings (SSSR count). The fourth-order valence-electron chi connectivity index (χ4n) is 3.46. The third kappa shape index (κ3) is 4.00. The molecule has 0 unspecified atom stereocenters. The summed E-state index contributed by atoms with van der Waals surface area (Å²) < 4.78 is 2.28. The monoisotopic (exact) mass is 401 g/mol. The van der Waals surface area contributed by atoms with Gasteiger partial charge in [-0.2, -0.15) is 5.10 Å². The van der Waals surface area contributed by atoms with Gasteiger partial charge in [0.1, 0.15) is 0 Å². The van der Waals surface area contributed by atoms with Crippen LogP contribution in [0.5, 0.6) is 0 Å². The van der Waals surface area contributed by atoms with Gasteiger partial charge in [0.05, 0.1) is 11.9 Å². The summed E-state index contributed by atoms with van der Waals surface area (Å²) in [6.07, 6.45) is 1.70. The van der Waals surface area contributed by atoms with Crippen LogP contribution in [0.1, 0.15) is 11.1 Å². The normalized spacial score (nSPS) is 11.2. The zero-order chi connectivity index (χ0) is 20.2. The average molecular weight is 402 g/mol. The summed E-state index contributed by atoms with van der Waals surface area (Å²) >= 11 is 6.13. The van der Waals surface area contributed by atoms with Gasteiger partial charge in [-0.15, -0.1) is 5.10 Å². The van der Waals surface area contributed by atoms with Gasteiger partial charge in [0, 0.05) is 28.0 Å². The van der Waals surface area contributed by atoms with E-state index in [4.69, 9.17) is 23.1 Å². The van der Waals surface area contributed by atoms with Crippen LogP contribution < -0.4 is 11.5 Å². The van der Waals surface area contributed by atoms with Crippen LogP contribution in [0.25, 0.3) is 22.2 Å². The van der Waals surface area contributed by atoms with E-state index in [0.29, 0.717) is 5.02 Å². The molecule has 1 aromatic heterocycles. The Morgan fingerprint density at radius 3 is 2.31 bits per heavy atom. The first-order chi connectivity index (χ1) is 14.1. The fourth-order valence-corrected chi connectivity index (χ4v) is 3.59. The van der Waals surface area contributed by atoms with Crippen molar-refractivity contribution in [1.82, 2.24) is 4.57 Å². The Labute approximate surface area is 173 Å². The van der Waals surface area contributed by atoms with E-state index in [1.165, 1.54) is 5.56 Å². The number of guanidine groups is 1. The Kier molecular flexibility index (Phi) is 5.31. The molecule has 29 heavy (non-hydrogen) atoms. The molecular formula is C23H20ClN5. The average Bonchev–Trinajstić information content (AvgIpc) is 3.03. The largest absolute Gasteiger partial charge is 0.369 e. The lowest BCUT2D eigenvalue weighted by Crippen LogP contribution is -2.21. The van der Waals surface area contributed by atoms with Gasteiger partial charge >= 0.3 is 0 Å². The van der Waals surface area contributed by atoms with Crippen LogP contribution >= 0.6 is 11.6 Å². The predicted molar refractivity (Wildman–Crippen MR) is 121 cm³/mol. The minimum absolute atomic E-state index is 0.0812. The highest BCUT2D eigenvalue weighted by atomic mass is 35.5. The molecule has 5 nitrogen and oxygen atoms in total. The molecule has 0 saturated carbocycles. The molecule has 144 valence electrons. The van der Waals surface area contributed by atoms with Crippen LogP contribution in [0.4, 0.5) is 0 Å². The molecule has 4 N–H and O–H groups in total. The number of hydrogen-bond acceptors (Lipinski definition) is 2. The van der Waals surface area contributed by atoms with Crippen molar-refractivity contribution < 1.29 is 0 Å². The molecule has 4 aromatic rings. The summed E-state index contributed by atoms with van der Waals surface area (Å²) in [5, 5.41) is 9.63. The van der Waals surface area contributed by atoms with E-state index in [1.807, 2.05) is 54.6 Å². The molecule has 1 heterocycles. The summed E-state index contributed by atoms with van der Waals surface area (Å²) in [7, 11) is 0. The first-order valence-corrected chi connectivity index (χ1v) is 9.54. The molecule has 0 spiro atoms. The van der Waals surface area contributed by atoms with Gasteiger partial charge in [0.2, 0.25) is 5.96 Å². The second kappa shape index (κ2) is 8.20. The van der Waals surface area contributed by atoms with Crippen molar-refractivity contribution in [3.63, 3.8) is 0 Å². The SMILES string of the molecule is NC(N)=NN=Cc1c(-c2ccc(Cl)cc2)n(Cc2ccccc2)c2ccccc12. The zero-order valence-electron chi connectivity index (χ0n) is 15.7. The number of hydrogen-bond donors (Lipinski definition) is 2. The number of halogens is 1. The molecule has 0 bridgehead atoms. The van der Waals surface area contributed by atoms with Crippen molar-refractivity contribution >= 4 is 34.7 Å². The lowest BCUT2D eigenvalue weighted by Gasteiger charge is -2.12. The van der Waals surface area contributed by atoms with Crippen LogP contribution in [0, 0.1) is 0 Å². The zero-order valence-corrected chi connectivity index (χ0v) is 16.4. The second-order valence-electron chi connectivity index (χ2n) is 6.63. The first kappa shape index (κ1) is 18.8. The third-order valence-electron chi connectivity index (χ3n) is 4.67. The molecule has 6 heteroatoms.